The molecule has 2 aromatic rings. The molecular weight excluding hydrogens is 498 g/mol. The van der Waals surface area contributed by atoms with Gasteiger partial charge in [-0.25, -0.2) is 4.79 Å². The van der Waals surface area contributed by atoms with Gasteiger partial charge in [-0.1, -0.05) is 24.3 Å². The number of ketones is 1. The second kappa shape index (κ2) is 11.0. The average Bonchev–Trinajstić information content (AvgIpc) is 3.45. The lowest BCUT2D eigenvalue weighted by Gasteiger charge is -2.36. The van der Waals surface area contributed by atoms with Crippen molar-refractivity contribution in [1.82, 2.24) is 5.32 Å². The minimum atomic E-state index is -0.677. The van der Waals surface area contributed by atoms with Crippen LogP contribution >= 0.6 is 0 Å². The highest BCUT2D eigenvalue weighted by atomic mass is 16.6. The molecule has 0 radical (unpaired) electrons. The van der Waals surface area contributed by atoms with Crippen molar-refractivity contribution in [3.05, 3.63) is 92.3 Å². The first-order chi connectivity index (χ1) is 18.7. The third-order valence-electron chi connectivity index (χ3n) is 7.79. The van der Waals surface area contributed by atoms with Crippen molar-refractivity contribution in [2.24, 2.45) is 0 Å². The van der Waals surface area contributed by atoms with E-state index in [4.69, 9.17) is 9.47 Å². The van der Waals surface area contributed by atoms with Gasteiger partial charge in [0.25, 0.3) is 5.69 Å². The summed E-state index contributed by atoms with van der Waals surface area (Å²) in [6.45, 7) is 2.61. The number of nitro groups is 1. The zero-order chi connectivity index (χ0) is 27.7. The molecule has 0 amide bonds. The Kier molecular flexibility index (Phi) is 7.52. The Morgan fingerprint density at radius 2 is 1.79 bits per heavy atom. The SMILES string of the molecule is CC1=C(C(=O)OC[C@H]2CCCO2)[C@@H](c2ccc([N+](=O)[O-])cc2)C2=C(C[C@@H](c3ccc(N(C)C)cc3)CC2=O)N1. The van der Waals surface area contributed by atoms with Gasteiger partial charge in [-0.2, -0.15) is 0 Å². The molecule has 39 heavy (non-hydrogen) atoms. The van der Waals surface area contributed by atoms with E-state index in [1.54, 1.807) is 12.1 Å². The summed E-state index contributed by atoms with van der Waals surface area (Å²) in [5.74, 6) is -1.24. The Labute approximate surface area is 227 Å². The van der Waals surface area contributed by atoms with Crippen LogP contribution in [0.25, 0.3) is 0 Å². The number of anilines is 1. The molecule has 0 aromatic heterocycles. The van der Waals surface area contributed by atoms with E-state index in [1.807, 2.05) is 38.1 Å². The fraction of sp³-hybridized carbons (Fsp3) is 0.400. The van der Waals surface area contributed by atoms with Gasteiger partial charge < -0.3 is 19.7 Å². The van der Waals surface area contributed by atoms with Crippen molar-refractivity contribution in [2.45, 2.75) is 50.5 Å². The molecule has 5 rings (SSSR count). The first-order valence-electron chi connectivity index (χ1n) is 13.3. The van der Waals surface area contributed by atoms with E-state index in [2.05, 4.69) is 17.4 Å². The largest absolute Gasteiger partial charge is 0.459 e. The van der Waals surface area contributed by atoms with E-state index >= 15 is 0 Å². The predicted molar refractivity (Wildman–Crippen MR) is 146 cm³/mol. The quantitative estimate of drug-likeness (QED) is 0.310. The highest BCUT2D eigenvalue weighted by molar-refractivity contribution is 6.04. The van der Waals surface area contributed by atoms with E-state index in [1.165, 1.54) is 12.1 Å². The monoisotopic (exact) mass is 531 g/mol. The Balaban J connectivity index is 1.49. The highest BCUT2D eigenvalue weighted by Gasteiger charge is 2.41. The third kappa shape index (κ3) is 5.45. The summed E-state index contributed by atoms with van der Waals surface area (Å²) >= 11 is 0. The van der Waals surface area contributed by atoms with E-state index in [9.17, 15) is 19.7 Å². The first-order valence-corrected chi connectivity index (χ1v) is 13.3. The summed E-state index contributed by atoms with van der Waals surface area (Å²) in [6.07, 6.45) is 2.56. The lowest BCUT2D eigenvalue weighted by molar-refractivity contribution is -0.384. The molecular formula is C30H33N3O6. The molecule has 1 fully saturated rings. The van der Waals surface area contributed by atoms with Crippen molar-refractivity contribution in [1.29, 1.82) is 0 Å². The van der Waals surface area contributed by atoms with E-state index in [-0.39, 0.29) is 30.1 Å². The van der Waals surface area contributed by atoms with E-state index in [0.717, 1.165) is 29.8 Å². The minimum absolute atomic E-state index is 0.00158. The number of ether oxygens (including phenoxy) is 2. The summed E-state index contributed by atoms with van der Waals surface area (Å²) < 4.78 is 11.3. The Morgan fingerprint density at radius 1 is 1.10 bits per heavy atom. The standard InChI is InChI=1S/C30H33N3O6/c1-18-27(30(35)39-17-24-5-4-14-38-24)28(20-8-12-23(13-9-20)33(36)37)29-25(31-18)15-21(16-26(29)34)19-6-10-22(11-7-19)32(2)3/h6-13,21,24,28,31H,4-5,14-17H2,1-3H3/t21-,24-,28-/m1/s1. The number of dihydropyridines is 1. The van der Waals surface area contributed by atoms with Crippen molar-refractivity contribution in [2.75, 3.05) is 32.2 Å². The van der Waals surface area contributed by atoms with Gasteiger partial charge >= 0.3 is 5.97 Å². The van der Waals surface area contributed by atoms with Gasteiger partial charge in [-0.15, -0.1) is 0 Å². The fourth-order valence-corrected chi connectivity index (χ4v) is 5.73. The molecule has 0 bridgehead atoms. The number of nitro benzene ring substituents is 1. The van der Waals surface area contributed by atoms with Gasteiger partial charge in [0.2, 0.25) is 0 Å². The zero-order valence-electron chi connectivity index (χ0n) is 22.4. The summed E-state index contributed by atoms with van der Waals surface area (Å²) in [7, 11) is 3.97. The molecule has 1 N–H and O–H groups in total. The Bertz CT molecular complexity index is 1340. The molecule has 9 nitrogen and oxygen atoms in total. The molecule has 2 heterocycles. The molecule has 2 aromatic carbocycles. The molecule has 0 unspecified atom stereocenters. The molecule has 3 atom stereocenters. The van der Waals surface area contributed by atoms with Crippen LogP contribution in [0.3, 0.4) is 0 Å². The van der Waals surface area contributed by atoms with Crippen LogP contribution in [0.5, 0.6) is 0 Å². The van der Waals surface area contributed by atoms with Crippen LogP contribution < -0.4 is 10.2 Å². The number of nitrogens with one attached hydrogen (secondary N) is 1. The van der Waals surface area contributed by atoms with Crippen molar-refractivity contribution in [3.8, 4) is 0 Å². The number of carbonyl (C=O) groups is 2. The van der Waals surface area contributed by atoms with E-state index in [0.29, 0.717) is 41.9 Å². The minimum Gasteiger partial charge on any atom is -0.459 e. The topological polar surface area (TPSA) is 111 Å². The normalized spacial score (nSPS) is 22.8. The predicted octanol–water partition coefficient (Wildman–Crippen LogP) is 4.74. The van der Waals surface area contributed by atoms with Crippen LogP contribution in [0.1, 0.15) is 55.6 Å². The molecule has 204 valence electrons. The number of Topliss-reactive ketones (excluding diaryl/α,β-unsaturated/α-hetero) is 1. The summed E-state index contributed by atoms with van der Waals surface area (Å²) in [5.41, 5.74) is 5.02. The van der Waals surface area contributed by atoms with Crippen LogP contribution in [0.4, 0.5) is 11.4 Å². The second-order valence-corrected chi connectivity index (χ2v) is 10.6. The number of non-ortho nitro benzene ring substituents is 1. The van der Waals surface area contributed by atoms with Gasteiger partial charge in [0.05, 0.1) is 16.6 Å². The van der Waals surface area contributed by atoms with Gasteiger partial charge in [-0.3, -0.25) is 14.9 Å². The molecule has 1 aliphatic carbocycles. The molecule has 0 spiro atoms. The van der Waals surface area contributed by atoms with Gasteiger partial charge in [0.15, 0.2) is 5.78 Å². The molecule has 3 aliphatic rings. The number of hydrogen-bond donors (Lipinski definition) is 1. The molecule has 9 heteroatoms. The molecule has 1 saturated heterocycles. The Hall–Kier alpha value is -3.98. The average molecular weight is 532 g/mol. The van der Waals surface area contributed by atoms with Crippen molar-refractivity contribution < 1.29 is 24.0 Å². The molecule has 0 saturated carbocycles. The van der Waals surface area contributed by atoms with Gasteiger partial charge in [0, 0.05) is 67.8 Å². The lowest BCUT2D eigenvalue weighted by Crippen LogP contribution is -2.36. The maximum Gasteiger partial charge on any atom is 0.336 e. The highest BCUT2D eigenvalue weighted by Crippen LogP contribution is 2.46. The number of nitrogens with zero attached hydrogens (tertiary/aromatic N) is 2. The van der Waals surface area contributed by atoms with Crippen LogP contribution in [0.15, 0.2) is 71.1 Å². The van der Waals surface area contributed by atoms with Crippen molar-refractivity contribution >= 4 is 23.1 Å². The smallest absolute Gasteiger partial charge is 0.336 e. The van der Waals surface area contributed by atoms with Crippen LogP contribution in [-0.2, 0) is 19.1 Å². The number of carbonyl (C=O) groups excluding carboxylic acids is 2. The fourth-order valence-electron chi connectivity index (χ4n) is 5.73. The van der Waals surface area contributed by atoms with Crippen LogP contribution in [0.2, 0.25) is 0 Å². The Morgan fingerprint density at radius 3 is 2.41 bits per heavy atom. The van der Waals surface area contributed by atoms with Crippen LogP contribution in [-0.4, -0.2) is 50.1 Å². The van der Waals surface area contributed by atoms with Gasteiger partial charge in [0.1, 0.15) is 6.61 Å². The number of benzene rings is 2. The third-order valence-corrected chi connectivity index (χ3v) is 7.79. The maximum absolute atomic E-state index is 13.8. The zero-order valence-corrected chi connectivity index (χ0v) is 22.4. The van der Waals surface area contributed by atoms with Crippen molar-refractivity contribution in [3.63, 3.8) is 0 Å². The lowest BCUT2D eigenvalue weighted by atomic mass is 9.71. The first kappa shape index (κ1) is 26.6. The molecule has 2 aliphatic heterocycles. The summed E-state index contributed by atoms with van der Waals surface area (Å²) in [6, 6.07) is 14.3. The number of rotatable bonds is 7. The number of esters is 1. The maximum atomic E-state index is 13.8. The van der Waals surface area contributed by atoms with E-state index < -0.39 is 16.8 Å². The number of hydrogen-bond acceptors (Lipinski definition) is 8. The summed E-state index contributed by atoms with van der Waals surface area (Å²) in [4.78, 5) is 40.1. The van der Waals surface area contributed by atoms with Crippen LogP contribution in [0, 0.1) is 10.1 Å². The second-order valence-electron chi connectivity index (χ2n) is 10.6. The van der Waals surface area contributed by atoms with Gasteiger partial charge in [-0.05, 0) is 55.4 Å². The summed E-state index contributed by atoms with van der Waals surface area (Å²) in [5, 5.41) is 14.6. The number of allylic oxidation sites excluding steroid dienone is 3.